The maximum absolute atomic E-state index is 12.2. The number of ether oxygens (including phenoxy) is 1. The fourth-order valence-corrected chi connectivity index (χ4v) is 9.13. The van der Waals surface area contributed by atoms with Crippen molar-refractivity contribution in [2.45, 2.75) is 51.7 Å². The van der Waals surface area contributed by atoms with Crippen LogP contribution in [0.1, 0.15) is 40.5 Å². The van der Waals surface area contributed by atoms with Crippen LogP contribution in [0.2, 0.25) is 5.04 Å². The highest BCUT2D eigenvalue weighted by Crippen LogP contribution is 2.40. The lowest BCUT2D eigenvalue weighted by Gasteiger charge is -2.46. The van der Waals surface area contributed by atoms with Gasteiger partial charge in [-0.05, 0) is 40.8 Å². The highest BCUT2D eigenvalue weighted by atomic mass is 28.4. The van der Waals surface area contributed by atoms with Gasteiger partial charge in [0.25, 0.3) is 8.32 Å². The molecule has 0 saturated carbocycles. The van der Waals surface area contributed by atoms with Gasteiger partial charge in [-0.1, -0.05) is 87.5 Å². The first-order valence-corrected chi connectivity index (χ1v) is 12.2. The molecule has 0 N–H and O–H groups in total. The second kappa shape index (κ2) is 8.68. The van der Waals surface area contributed by atoms with Crippen molar-refractivity contribution in [2.24, 2.45) is 5.92 Å². The molecule has 0 radical (unpaired) electrons. The minimum Gasteiger partial charge on any atom is -0.469 e. The first kappa shape index (κ1) is 21.5. The second-order valence-corrected chi connectivity index (χ2v) is 13.2. The molecule has 0 heterocycles. The molecule has 1 aliphatic carbocycles. The van der Waals surface area contributed by atoms with Gasteiger partial charge < -0.3 is 9.16 Å². The molecule has 0 aromatic heterocycles. The molecule has 0 bridgehead atoms. The number of benzene rings is 2. The third kappa shape index (κ3) is 4.24. The van der Waals surface area contributed by atoms with Crippen molar-refractivity contribution in [1.29, 1.82) is 0 Å². The van der Waals surface area contributed by atoms with Gasteiger partial charge in [-0.15, -0.1) is 0 Å². The molecule has 29 heavy (non-hydrogen) atoms. The Bertz CT molecular complexity index is 813. The summed E-state index contributed by atoms with van der Waals surface area (Å²) in [5, 5.41) is 2.42. The van der Waals surface area contributed by atoms with Crippen LogP contribution < -0.4 is 10.4 Å². The standard InChI is InChI=1S/C25H32O3Si/c1-19-16-17-20(24(26)27-5)18-23(19)28-29(25(2,3)4,21-12-8-6-9-13-21)22-14-10-7-11-15-22/h6-16,20,23H,17-18H2,1-5H3/t20-,23-/m0/s1. The highest BCUT2D eigenvalue weighted by Gasteiger charge is 2.52. The fraction of sp³-hybridized carbons (Fsp3) is 0.400. The summed E-state index contributed by atoms with van der Waals surface area (Å²) in [6, 6.07) is 21.3. The van der Waals surface area contributed by atoms with Gasteiger partial charge in [0.2, 0.25) is 0 Å². The van der Waals surface area contributed by atoms with Gasteiger partial charge in [-0.3, -0.25) is 4.79 Å². The monoisotopic (exact) mass is 408 g/mol. The lowest BCUT2D eigenvalue weighted by Crippen LogP contribution is -2.68. The SMILES string of the molecule is COC(=O)[C@H]1CC=C(C)[C@@H](O[Si](c2ccccc2)(c2ccccc2)C(C)(C)C)C1. The minimum atomic E-state index is -2.65. The molecule has 0 aliphatic heterocycles. The van der Waals surface area contributed by atoms with Crippen molar-refractivity contribution >= 4 is 24.7 Å². The number of hydrogen-bond acceptors (Lipinski definition) is 3. The topological polar surface area (TPSA) is 35.5 Å². The Morgan fingerprint density at radius 3 is 1.93 bits per heavy atom. The van der Waals surface area contributed by atoms with E-state index in [-0.39, 0.29) is 23.0 Å². The fourth-order valence-electron chi connectivity index (χ4n) is 4.40. The van der Waals surface area contributed by atoms with Crippen molar-refractivity contribution in [3.8, 4) is 0 Å². The molecule has 0 spiro atoms. The normalized spacial score (nSPS) is 20.1. The lowest BCUT2D eigenvalue weighted by molar-refractivity contribution is -0.146. The van der Waals surface area contributed by atoms with Gasteiger partial charge >= 0.3 is 5.97 Å². The third-order valence-electron chi connectivity index (χ3n) is 6.00. The van der Waals surface area contributed by atoms with Crippen LogP contribution >= 0.6 is 0 Å². The van der Waals surface area contributed by atoms with Gasteiger partial charge in [0.05, 0.1) is 19.1 Å². The van der Waals surface area contributed by atoms with Gasteiger partial charge in [-0.25, -0.2) is 0 Å². The first-order valence-electron chi connectivity index (χ1n) is 10.3. The average Bonchev–Trinajstić information content (AvgIpc) is 2.73. The van der Waals surface area contributed by atoms with E-state index in [0.29, 0.717) is 6.42 Å². The number of carbonyl (C=O) groups excluding carboxylic acids is 1. The molecule has 2 aromatic rings. The molecular weight excluding hydrogens is 376 g/mol. The highest BCUT2D eigenvalue weighted by molar-refractivity contribution is 6.99. The van der Waals surface area contributed by atoms with E-state index in [1.54, 1.807) is 0 Å². The second-order valence-electron chi connectivity index (χ2n) is 8.91. The number of hydrogen-bond donors (Lipinski definition) is 0. The van der Waals surface area contributed by atoms with Crippen LogP contribution in [0, 0.1) is 5.92 Å². The zero-order chi connectivity index (χ0) is 21.1. The van der Waals surface area contributed by atoms with Crippen LogP contribution in [-0.4, -0.2) is 27.5 Å². The zero-order valence-corrected chi connectivity index (χ0v) is 19.1. The van der Waals surface area contributed by atoms with Crippen molar-refractivity contribution in [1.82, 2.24) is 0 Å². The van der Waals surface area contributed by atoms with Gasteiger partial charge in [0.15, 0.2) is 0 Å². The van der Waals surface area contributed by atoms with E-state index in [2.05, 4.69) is 94.4 Å². The molecule has 0 saturated heterocycles. The van der Waals surface area contributed by atoms with Gasteiger partial charge in [-0.2, -0.15) is 0 Å². The maximum Gasteiger partial charge on any atom is 0.309 e. The van der Waals surface area contributed by atoms with Gasteiger partial charge in [0, 0.05) is 0 Å². The van der Waals surface area contributed by atoms with E-state index in [1.807, 2.05) is 0 Å². The Morgan fingerprint density at radius 2 is 1.48 bits per heavy atom. The van der Waals surface area contributed by atoms with Crippen LogP contribution in [0.4, 0.5) is 0 Å². The van der Waals surface area contributed by atoms with Crippen molar-refractivity contribution in [2.75, 3.05) is 7.11 Å². The molecule has 0 fully saturated rings. The van der Waals surface area contributed by atoms with Crippen LogP contribution in [0.15, 0.2) is 72.3 Å². The molecule has 3 nitrogen and oxygen atoms in total. The summed E-state index contributed by atoms with van der Waals surface area (Å²) >= 11 is 0. The number of rotatable bonds is 5. The van der Waals surface area contributed by atoms with E-state index in [9.17, 15) is 4.79 Å². The Hall–Kier alpha value is -2.17. The largest absolute Gasteiger partial charge is 0.469 e. The predicted molar refractivity (Wildman–Crippen MR) is 121 cm³/mol. The summed E-state index contributed by atoms with van der Waals surface area (Å²) in [5.41, 5.74) is 1.21. The van der Waals surface area contributed by atoms with Crippen LogP contribution in [0.25, 0.3) is 0 Å². The number of esters is 1. The summed E-state index contributed by atoms with van der Waals surface area (Å²) in [6.07, 6.45) is 3.44. The zero-order valence-electron chi connectivity index (χ0n) is 18.1. The summed E-state index contributed by atoms with van der Waals surface area (Å²) in [6.45, 7) is 8.95. The Morgan fingerprint density at radius 1 is 0.966 bits per heavy atom. The first-order chi connectivity index (χ1) is 13.8. The van der Waals surface area contributed by atoms with Crippen LogP contribution in [0.3, 0.4) is 0 Å². The minimum absolute atomic E-state index is 0.0891. The van der Waals surface area contributed by atoms with E-state index < -0.39 is 8.32 Å². The van der Waals surface area contributed by atoms with E-state index >= 15 is 0 Å². The number of carbonyl (C=O) groups is 1. The number of allylic oxidation sites excluding steroid dienone is 1. The van der Waals surface area contributed by atoms with Crippen LogP contribution in [0.5, 0.6) is 0 Å². The summed E-state index contributed by atoms with van der Waals surface area (Å²) in [4.78, 5) is 12.2. The van der Waals surface area contributed by atoms with Crippen molar-refractivity contribution < 1.29 is 14.0 Å². The van der Waals surface area contributed by atoms with E-state index in [1.165, 1.54) is 23.1 Å². The molecule has 0 unspecified atom stereocenters. The molecule has 2 aromatic carbocycles. The molecule has 0 amide bonds. The Labute approximate surface area is 175 Å². The van der Waals surface area contributed by atoms with E-state index in [4.69, 9.17) is 9.16 Å². The Balaban J connectivity index is 2.12. The average molecular weight is 409 g/mol. The van der Waals surface area contributed by atoms with E-state index in [0.717, 1.165) is 6.42 Å². The molecule has 2 atom stereocenters. The summed E-state index contributed by atoms with van der Waals surface area (Å²) in [5.74, 6) is -0.295. The Kier molecular flexibility index (Phi) is 6.44. The smallest absolute Gasteiger partial charge is 0.309 e. The van der Waals surface area contributed by atoms with Gasteiger partial charge in [0.1, 0.15) is 0 Å². The molecular formula is C25H32O3Si. The molecule has 4 heteroatoms. The summed E-state index contributed by atoms with van der Waals surface area (Å²) in [7, 11) is -1.18. The quantitative estimate of drug-likeness (QED) is 0.416. The molecule has 1 aliphatic rings. The number of methoxy groups -OCH3 is 1. The molecule has 3 rings (SSSR count). The predicted octanol–water partition coefficient (Wildman–Crippen LogP) is 4.46. The third-order valence-corrected chi connectivity index (χ3v) is 11.0. The van der Waals surface area contributed by atoms with Crippen molar-refractivity contribution in [3.63, 3.8) is 0 Å². The van der Waals surface area contributed by atoms with Crippen LogP contribution in [-0.2, 0) is 14.0 Å². The molecule has 154 valence electrons. The summed E-state index contributed by atoms with van der Waals surface area (Å²) < 4.78 is 12.2. The maximum atomic E-state index is 12.2. The lowest BCUT2D eigenvalue weighted by atomic mass is 9.88. The van der Waals surface area contributed by atoms with Crippen molar-refractivity contribution in [3.05, 3.63) is 72.3 Å².